The lowest BCUT2D eigenvalue weighted by Crippen LogP contribution is -2.33. The maximum Gasteiger partial charge on any atom is 0.231 e. The number of rotatable bonds is 12. The molecule has 0 bridgehead atoms. The largest absolute Gasteiger partial charge is 0.454 e. The van der Waals surface area contributed by atoms with Gasteiger partial charge in [0.25, 0.3) is 0 Å². The molecule has 0 unspecified atom stereocenters. The summed E-state index contributed by atoms with van der Waals surface area (Å²) in [6.07, 6.45) is 5.13. The van der Waals surface area contributed by atoms with Gasteiger partial charge in [0.15, 0.2) is 11.5 Å². The van der Waals surface area contributed by atoms with Crippen molar-refractivity contribution in [3.05, 3.63) is 48.0 Å². The lowest BCUT2D eigenvalue weighted by molar-refractivity contribution is 0.174. The van der Waals surface area contributed by atoms with Crippen LogP contribution >= 0.6 is 0 Å². The topological polar surface area (TPSA) is 33.7 Å². The summed E-state index contributed by atoms with van der Waals surface area (Å²) in [7, 11) is 0. The molecule has 0 aromatic heterocycles. The van der Waals surface area contributed by atoms with Gasteiger partial charge in [0.1, 0.15) is 0 Å². The summed E-state index contributed by atoms with van der Waals surface area (Å²) in [4.78, 5) is 2.60. The maximum absolute atomic E-state index is 5.48. The molecule has 0 fully saturated rings. The van der Waals surface area contributed by atoms with Gasteiger partial charge in [-0.05, 0) is 54.8 Å². The van der Waals surface area contributed by atoms with Crippen LogP contribution in [0.1, 0.15) is 45.1 Å². The lowest BCUT2D eigenvalue weighted by Gasteiger charge is -2.22. The monoisotopic (exact) mass is 382 g/mol. The summed E-state index contributed by atoms with van der Waals surface area (Å²) in [6, 6.07) is 14.9. The van der Waals surface area contributed by atoms with E-state index < -0.39 is 0 Å². The summed E-state index contributed by atoms with van der Waals surface area (Å²) in [5.41, 5.74) is 3.68. The van der Waals surface area contributed by atoms with Crippen LogP contribution in [0.3, 0.4) is 0 Å². The minimum Gasteiger partial charge on any atom is -0.454 e. The van der Waals surface area contributed by atoms with Gasteiger partial charge in [-0.1, -0.05) is 57.0 Å². The first kappa shape index (κ1) is 20.7. The zero-order valence-electron chi connectivity index (χ0n) is 17.4. The van der Waals surface area contributed by atoms with Crippen LogP contribution in [0.15, 0.2) is 42.5 Å². The van der Waals surface area contributed by atoms with Gasteiger partial charge >= 0.3 is 0 Å². The molecule has 1 N–H and O–H groups in total. The first-order valence-corrected chi connectivity index (χ1v) is 10.7. The molecule has 4 heteroatoms. The zero-order chi connectivity index (χ0) is 19.6. The van der Waals surface area contributed by atoms with Gasteiger partial charge in [0.05, 0.1) is 0 Å². The summed E-state index contributed by atoms with van der Waals surface area (Å²) in [5.74, 6) is 1.66. The van der Waals surface area contributed by atoms with Crippen LogP contribution < -0.4 is 14.8 Å². The van der Waals surface area contributed by atoms with E-state index in [0.29, 0.717) is 6.79 Å². The molecular weight excluding hydrogens is 348 g/mol. The molecule has 152 valence electrons. The fourth-order valence-corrected chi connectivity index (χ4v) is 3.46. The zero-order valence-corrected chi connectivity index (χ0v) is 17.4. The minimum absolute atomic E-state index is 0.317. The van der Waals surface area contributed by atoms with E-state index in [4.69, 9.17) is 9.47 Å². The number of benzene rings is 2. The molecule has 0 saturated heterocycles. The van der Waals surface area contributed by atoms with Crippen LogP contribution in [-0.4, -0.2) is 37.9 Å². The minimum atomic E-state index is 0.317. The Hall–Kier alpha value is -2.04. The van der Waals surface area contributed by atoms with Gasteiger partial charge in [0.2, 0.25) is 6.79 Å². The third kappa shape index (κ3) is 5.98. The van der Waals surface area contributed by atoms with E-state index in [-0.39, 0.29) is 0 Å². The molecule has 1 aliphatic heterocycles. The molecule has 0 spiro atoms. The average Bonchev–Trinajstić information content (AvgIpc) is 3.21. The van der Waals surface area contributed by atoms with Crippen molar-refractivity contribution >= 4 is 0 Å². The van der Waals surface area contributed by atoms with Crippen LogP contribution in [0.5, 0.6) is 11.5 Å². The first-order chi connectivity index (χ1) is 13.8. The van der Waals surface area contributed by atoms with E-state index >= 15 is 0 Å². The molecule has 2 aromatic rings. The molecule has 0 aliphatic carbocycles. The highest BCUT2D eigenvalue weighted by atomic mass is 16.7. The van der Waals surface area contributed by atoms with Crippen LogP contribution in [0.2, 0.25) is 0 Å². The third-order valence-corrected chi connectivity index (χ3v) is 5.25. The van der Waals surface area contributed by atoms with Crippen LogP contribution in [-0.2, 0) is 6.54 Å². The summed E-state index contributed by atoms with van der Waals surface area (Å²) < 4.78 is 10.9. The number of hydrogen-bond acceptors (Lipinski definition) is 4. The molecule has 0 radical (unpaired) electrons. The van der Waals surface area contributed by atoms with Crippen LogP contribution in [0.4, 0.5) is 0 Å². The molecule has 4 nitrogen and oxygen atoms in total. The summed E-state index contributed by atoms with van der Waals surface area (Å²) >= 11 is 0. The fraction of sp³-hybridized carbons (Fsp3) is 0.500. The van der Waals surface area contributed by atoms with Crippen molar-refractivity contribution in [2.24, 2.45) is 0 Å². The molecule has 2 aromatic carbocycles. The molecule has 3 rings (SSSR count). The number of ether oxygens (including phenoxy) is 2. The van der Waals surface area contributed by atoms with Gasteiger partial charge in [-0.25, -0.2) is 0 Å². The average molecular weight is 383 g/mol. The van der Waals surface area contributed by atoms with Crippen molar-refractivity contribution < 1.29 is 9.47 Å². The second-order valence-corrected chi connectivity index (χ2v) is 7.49. The van der Waals surface area contributed by atoms with Gasteiger partial charge in [-0.2, -0.15) is 0 Å². The second-order valence-electron chi connectivity index (χ2n) is 7.49. The Labute approximate surface area is 169 Å². The van der Waals surface area contributed by atoms with E-state index in [0.717, 1.165) is 36.7 Å². The van der Waals surface area contributed by atoms with Crippen LogP contribution in [0.25, 0.3) is 11.1 Å². The quantitative estimate of drug-likeness (QED) is 0.519. The Morgan fingerprint density at radius 3 is 2.21 bits per heavy atom. The highest BCUT2D eigenvalue weighted by Crippen LogP contribution is 2.35. The molecule has 1 aliphatic rings. The smallest absolute Gasteiger partial charge is 0.231 e. The summed E-state index contributed by atoms with van der Waals surface area (Å²) in [6.45, 7) is 10.4. The predicted octanol–water partition coefficient (Wildman–Crippen LogP) is 5.07. The number of nitrogens with one attached hydrogen (secondary N) is 1. The van der Waals surface area contributed by atoms with Crippen molar-refractivity contribution in [1.29, 1.82) is 0 Å². The van der Waals surface area contributed by atoms with Gasteiger partial charge < -0.3 is 19.7 Å². The number of nitrogens with zero attached hydrogens (tertiary/aromatic N) is 1. The molecule has 1 heterocycles. The SMILES string of the molecule is CCCCN(CCCC)CCNCc1ccc(-c2ccc3c(c2)OCO3)cc1. The van der Waals surface area contributed by atoms with Crippen molar-refractivity contribution in [2.75, 3.05) is 33.0 Å². The number of unbranched alkanes of at least 4 members (excludes halogenated alkanes) is 2. The lowest BCUT2D eigenvalue weighted by atomic mass is 10.0. The number of hydrogen-bond donors (Lipinski definition) is 1. The molecule has 28 heavy (non-hydrogen) atoms. The van der Waals surface area contributed by atoms with Gasteiger partial charge in [-0.3, -0.25) is 0 Å². The summed E-state index contributed by atoms with van der Waals surface area (Å²) in [5, 5.41) is 3.60. The highest BCUT2D eigenvalue weighted by Gasteiger charge is 2.13. The second kappa shape index (κ2) is 11.1. The molecule has 0 atom stereocenters. The number of fused-ring (bicyclic) bond motifs is 1. The van der Waals surface area contributed by atoms with Gasteiger partial charge in [-0.15, -0.1) is 0 Å². The predicted molar refractivity (Wildman–Crippen MR) is 116 cm³/mol. The Morgan fingerprint density at radius 1 is 0.821 bits per heavy atom. The highest BCUT2D eigenvalue weighted by molar-refractivity contribution is 5.67. The Morgan fingerprint density at radius 2 is 1.50 bits per heavy atom. The Balaban J connectivity index is 1.45. The van der Waals surface area contributed by atoms with Crippen molar-refractivity contribution in [3.63, 3.8) is 0 Å². The van der Waals surface area contributed by atoms with E-state index in [1.807, 2.05) is 6.07 Å². The van der Waals surface area contributed by atoms with E-state index in [1.54, 1.807) is 0 Å². The standard InChI is InChI=1S/C24H34N2O2/c1-3-5-14-26(15-6-4-2)16-13-25-18-20-7-9-21(10-8-20)22-11-12-23-24(17-22)28-19-27-23/h7-12,17,25H,3-6,13-16,18-19H2,1-2H3. The van der Waals surface area contributed by atoms with Crippen molar-refractivity contribution in [1.82, 2.24) is 10.2 Å². The molecule has 0 amide bonds. The van der Waals surface area contributed by atoms with Gasteiger partial charge in [0, 0.05) is 19.6 Å². The molecular formula is C24H34N2O2. The third-order valence-electron chi connectivity index (χ3n) is 5.25. The normalized spacial score (nSPS) is 12.7. The van der Waals surface area contributed by atoms with E-state index in [2.05, 4.69) is 60.5 Å². The first-order valence-electron chi connectivity index (χ1n) is 10.7. The Bertz CT molecular complexity index is 707. The van der Waals surface area contributed by atoms with E-state index in [9.17, 15) is 0 Å². The fourth-order valence-electron chi connectivity index (χ4n) is 3.46. The van der Waals surface area contributed by atoms with Crippen LogP contribution in [0, 0.1) is 0 Å². The van der Waals surface area contributed by atoms with E-state index in [1.165, 1.54) is 49.9 Å². The molecule has 0 saturated carbocycles. The van der Waals surface area contributed by atoms with Crippen molar-refractivity contribution in [3.8, 4) is 22.6 Å². The maximum atomic E-state index is 5.48. The van der Waals surface area contributed by atoms with Crippen molar-refractivity contribution in [2.45, 2.75) is 46.1 Å². The Kier molecular flexibility index (Phi) is 8.19.